The van der Waals surface area contributed by atoms with Crippen LogP contribution in [0.25, 0.3) is 0 Å². The molecule has 1 aliphatic heterocycles. The maximum Gasteiger partial charge on any atom is 0.307 e. The number of hydrogen-bond acceptors (Lipinski definition) is 3. The fourth-order valence-electron chi connectivity index (χ4n) is 3.29. The molecule has 0 aliphatic carbocycles. The second-order valence-electron chi connectivity index (χ2n) is 6.37. The number of benzene rings is 2. The molecule has 0 spiro atoms. The number of carboxylic acid groups (broad SMARTS) is 1. The zero-order valence-corrected chi connectivity index (χ0v) is 14.0. The van der Waals surface area contributed by atoms with E-state index in [2.05, 4.69) is 22.3 Å². The smallest absolute Gasteiger partial charge is 0.307 e. The van der Waals surface area contributed by atoms with Crippen molar-refractivity contribution in [2.45, 2.75) is 31.8 Å². The predicted octanol–water partition coefficient (Wildman–Crippen LogP) is 2.92. The molecule has 0 saturated carbocycles. The molecule has 5 heteroatoms. The summed E-state index contributed by atoms with van der Waals surface area (Å²) >= 11 is 0. The number of hydrogen-bond donors (Lipinski definition) is 2. The molecule has 1 aliphatic rings. The van der Waals surface area contributed by atoms with Crippen molar-refractivity contribution in [2.75, 3.05) is 11.9 Å². The SMILES string of the molecule is O=C(O)Cc1cccc(NC(=O)C2CCCN2Cc2ccccc2)c1. The Balaban J connectivity index is 1.65. The van der Waals surface area contributed by atoms with Crippen LogP contribution in [0.15, 0.2) is 54.6 Å². The van der Waals surface area contributed by atoms with Gasteiger partial charge in [0.2, 0.25) is 5.91 Å². The number of nitrogens with zero attached hydrogens (tertiary/aromatic N) is 1. The number of likely N-dealkylation sites (tertiary alicyclic amines) is 1. The molecule has 5 nitrogen and oxygen atoms in total. The van der Waals surface area contributed by atoms with Crippen LogP contribution in [0.3, 0.4) is 0 Å². The summed E-state index contributed by atoms with van der Waals surface area (Å²) in [5, 5.41) is 11.8. The lowest BCUT2D eigenvalue weighted by Crippen LogP contribution is -2.39. The third-order valence-electron chi connectivity index (χ3n) is 4.44. The zero-order chi connectivity index (χ0) is 17.6. The van der Waals surface area contributed by atoms with Crippen LogP contribution in [0.2, 0.25) is 0 Å². The normalized spacial score (nSPS) is 17.4. The average molecular weight is 338 g/mol. The molecule has 0 radical (unpaired) electrons. The fourth-order valence-corrected chi connectivity index (χ4v) is 3.29. The highest BCUT2D eigenvalue weighted by Crippen LogP contribution is 2.22. The molecule has 0 aromatic heterocycles. The van der Waals surface area contributed by atoms with E-state index in [0.29, 0.717) is 11.3 Å². The van der Waals surface area contributed by atoms with Crippen LogP contribution < -0.4 is 5.32 Å². The van der Waals surface area contributed by atoms with E-state index in [1.165, 1.54) is 5.56 Å². The Kier molecular flexibility index (Phi) is 5.46. The van der Waals surface area contributed by atoms with Crippen molar-refractivity contribution in [2.24, 2.45) is 0 Å². The lowest BCUT2D eigenvalue weighted by molar-refractivity contribution is -0.136. The summed E-state index contributed by atoms with van der Waals surface area (Å²) in [6, 6.07) is 17.0. The Hall–Kier alpha value is -2.66. The number of carbonyl (C=O) groups is 2. The van der Waals surface area contributed by atoms with Gasteiger partial charge in [0.15, 0.2) is 0 Å². The topological polar surface area (TPSA) is 69.6 Å². The van der Waals surface area contributed by atoms with Crippen LogP contribution in [0.4, 0.5) is 5.69 Å². The number of rotatable bonds is 6. The Morgan fingerprint density at radius 2 is 1.84 bits per heavy atom. The van der Waals surface area contributed by atoms with Gasteiger partial charge in [0, 0.05) is 12.2 Å². The van der Waals surface area contributed by atoms with Crippen molar-refractivity contribution in [3.05, 3.63) is 65.7 Å². The molecule has 130 valence electrons. The van der Waals surface area contributed by atoms with E-state index in [0.717, 1.165) is 25.9 Å². The van der Waals surface area contributed by atoms with E-state index in [4.69, 9.17) is 5.11 Å². The predicted molar refractivity (Wildman–Crippen MR) is 96.3 cm³/mol. The molecule has 1 fully saturated rings. The van der Waals surface area contributed by atoms with Crippen LogP contribution in [0, 0.1) is 0 Å². The van der Waals surface area contributed by atoms with E-state index in [1.54, 1.807) is 24.3 Å². The van der Waals surface area contributed by atoms with Gasteiger partial charge >= 0.3 is 5.97 Å². The first-order chi connectivity index (χ1) is 12.1. The summed E-state index contributed by atoms with van der Waals surface area (Å²) in [4.78, 5) is 25.7. The van der Waals surface area contributed by atoms with Gasteiger partial charge in [-0.15, -0.1) is 0 Å². The number of nitrogens with one attached hydrogen (secondary N) is 1. The standard InChI is InChI=1S/C20H22N2O3/c23-19(24)13-16-8-4-9-17(12-16)21-20(25)18-10-5-11-22(18)14-15-6-2-1-3-7-15/h1-4,6-9,12,18H,5,10-11,13-14H2,(H,21,25)(H,23,24). The van der Waals surface area contributed by atoms with Crippen LogP contribution in [-0.2, 0) is 22.6 Å². The first kappa shape index (κ1) is 17.2. The van der Waals surface area contributed by atoms with Gasteiger partial charge in [-0.05, 0) is 42.6 Å². The van der Waals surface area contributed by atoms with Crippen molar-refractivity contribution >= 4 is 17.6 Å². The molecule has 2 aromatic rings. The molecule has 1 amide bonds. The largest absolute Gasteiger partial charge is 0.481 e. The van der Waals surface area contributed by atoms with E-state index < -0.39 is 5.97 Å². The zero-order valence-electron chi connectivity index (χ0n) is 14.0. The van der Waals surface area contributed by atoms with E-state index in [-0.39, 0.29) is 18.4 Å². The van der Waals surface area contributed by atoms with Crippen molar-refractivity contribution < 1.29 is 14.7 Å². The third-order valence-corrected chi connectivity index (χ3v) is 4.44. The lowest BCUT2D eigenvalue weighted by Gasteiger charge is -2.23. The van der Waals surface area contributed by atoms with Crippen molar-refractivity contribution in [3.8, 4) is 0 Å². The minimum Gasteiger partial charge on any atom is -0.481 e. The first-order valence-electron chi connectivity index (χ1n) is 8.51. The van der Waals surface area contributed by atoms with Crippen LogP contribution in [0.5, 0.6) is 0 Å². The second kappa shape index (κ2) is 7.94. The quantitative estimate of drug-likeness (QED) is 0.850. The molecule has 2 aromatic carbocycles. The van der Waals surface area contributed by atoms with Gasteiger partial charge in [-0.1, -0.05) is 42.5 Å². The summed E-state index contributed by atoms with van der Waals surface area (Å²) < 4.78 is 0. The van der Waals surface area contributed by atoms with Gasteiger partial charge in [0.05, 0.1) is 12.5 Å². The van der Waals surface area contributed by atoms with E-state index >= 15 is 0 Å². The number of carboxylic acids is 1. The van der Waals surface area contributed by atoms with Crippen molar-refractivity contribution in [3.63, 3.8) is 0 Å². The number of carbonyl (C=O) groups excluding carboxylic acids is 1. The van der Waals surface area contributed by atoms with Crippen molar-refractivity contribution in [1.82, 2.24) is 4.90 Å². The molecule has 0 bridgehead atoms. The second-order valence-corrected chi connectivity index (χ2v) is 6.37. The third kappa shape index (κ3) is 4.67. The molecule has 3 rings (SSSR count). The summed E-state index contributed by atoms with van der Waals surface area (Å²) in [6.07, 6.45) is 1.80. The molecule has 25 heavy (non-hydrogen) atoms. The summed E-state index contributed by atoms with van der Waals surface area (Å²) in [5.41, 5.74) is 2.53. The number of anilines is 1. The molecular formula is C20H22N2O3. The summed E-state index contributed by atoms with van der Waals surface area (Å²) in [6.45, 7) is 1.67. The molecule has 2 N–H and O–H groups in total. The first-order valence-corrected chi connectivity index (χ1v) is 8.51. The Bertz CT molecular complexity index is 746. The highest BCUT2D eigenvalue weighted by Gasteiger charge is 2.30. The highest BCUT2D eigenvalue weighted by atomic mass is 16.4. The molecule has 1 heterocycles. The summed E-state index contributed by atoms with van der Waals surface area (Å²) in [7, 11) is 0. The molecule has 1 atom stereocenters. The highest BCUT2D eigenvalue weighted by molar-refractivity contribution is 5.95. The minimum atomic E-state index is -0.881. The van der Waals surface area contributed by atoms with Gasteiger partial charge in [0.25, 0.3) is 0 Å². The lowest BCUT2D eigenvalue weighted by atomic mass is 10.1. The van der Waals surface area contributed by atoms with Crippen LogP contribution in [0.1, 0.15) is 24.0 Å². The number of aliphatic carboxylic acids is 1. The van der Waals surface area contributed by atoms with Gasteiger partial charge in [0.1, 0.15) is 0 Å². The monoisotopic (exact) mass is 338 g/mol. The van der Waals surface area contributed by atoms with Crippen LogP contribution >= 0.6 is 0 Å². The number of amides is 1. The summed E-state index contributed by atoms with van der Waals surface area (Å²) in [5.74, 6) is -0.908. The minimum absolute atomic E-state index is 0.0269. The van der Waals surface area contributed by atoms with Gasteiger partial charge in [-0.3, -0.25) is 14.5 Å². The fraction of sp³-hybridized carbons (Fsp3) is 0.300. The van der Waals surface area contributed by atoms with E-state index in [1.807, 2.05) is 18.2 Å². The molecule has 1 saturated heterocycles. The van der Waals surface area contributed by atoms with E-state index in [9.17, 15) is 9.59 Å². The Morgan fingerprint density at radius 3 is 2.60 bits per heavy atom. The molecular weight excluding hydrogens is 316 g/mol. The van der Waals surface area contributed by atoms with Crippen LogP contribution in [-0.4, -0.2) is 34.5 Å². The van der Waals surface area contributed by atoms with Gasteiger partial charge in [-0.25, -0.2) is 0 Å². The Labute approximate surface area is 147 Å². The Morgan fingerprint density at radius 1 is 1.08 bits per heavy atom. The van der Waals surface area contributed by atoms with Crippen molar-refractivity contribution in [1.29, 1.82) is 0 Å². The average Bonchev–Trinajstić information content (AvgIpc) is 3.04. The van der Waals surface area contributed by atoms with Gasteiger partial charge < -0.3 is 10.4 Å². The molecule has 1 unspecified atom stereocenters. The van der Waals surface area contributed by atoms with Gasteiger partial charge in [-0.2, -0.15) is 0 Å². The maximum absolute atomic E-state index is 12.7. The maximum atomic E-state index is 12.7.